The number of para-hydroxylation sites is 1. The van der Waals surface area contributed by atoms with Gasteiger partial charge in [-0.25, -0.2) is 9.67 Å². The number of nitro groups is 1. The molecule has 1 aromatic heterocycles. The smallest absolute Gasteiger partial charge is 0.258 e. The number of nitrogens with zero attached hydrogens (tertiary/aromatic N) is 4. The van der Waals surface area contributed by atoms with Crippen LogP contribution in [0.4, 0.5) is 5.69 Å². The van der Waals surface area contributed by atoms with E-state index in [1.165, 1.54) is 23.4 Å². The fraction of sp³-hybridized carbons (Fsp3) is 0.111. The zero-order chi connectivity index (χ0) is 10.8. The Hall–Kier alpha value is -2.24. The van der Waals surface area contributed by atoms with Crippen molar-refractivity contribution in [3.8, 4) is 5.69 Å². The standard InChI is InChI=1S/C9H8N4O2/c1-7-3-2-4-8(13(14)15)9(7)12-6-10-5-11-12/h2-6H,1H3. The molecule has 1 aromatic carbocycles. The van der Waals surface area contributed by atoms with E-state index in [2.05, 4.69) is 10.1 Å². The highest BCUT2D eigenvalue weighted by atomic mass is 16.6. The van der Waals surface area contributed by atoms with Gasteiger partial charge in [-0.1, -0.05) is 12.1 Å². The summed E-state index contributed by atoms with van der Waals surface area (Å²) in [7, 11) is 0. The Morgan fingerprint density at radius 2 is 2.27 bits per heavy atom. The van der Waals surface area contributed by atoms with Gasteiger partial charge in [0, 0.05) is 6.07 Å². The molecule has 2 aromatic rings. The van der Waals surface area contributed by atoms with Crippen molar-refractivity contribution in [2.45, 2.75) is 6.92 Å². The van der Waals surface area contributed by atoms with E-state index < -0.39 is 4.92 Å². The number of nitro benzene ring substituents is 1. The van der Waals surface area contributed by atoms with Gasteiger partial charge in [0.1, 0.15) is 18.3 Å². The van der Waals surface area contributed by atoms with Gasteiger partial charge < -0.3 is 0 Å². The summed E-state index contributed by atoms with van der Waals surface area (Å²) >= 11 is 0. The van der Waals surface area contributed by atoms with Crippen LogP contribution in [-0.4, -0.2) is 19.7 Å². The van der Waals surface area contributed by atoms with Crippen molar-refractivity contribution in [1.82, 2.24) is 14.8 Å². The van der Waals surface area contributed by atoms with E-state index in [4.69, 9.17) is 0 Å². The third-order valence-electron chi connectivity index (χ3n) is 2.06. The van der Waals surface area contributed by atoms with Gasteiger partial charge in [-0.05, 0) is 12.5 Å². The maximum Gasteiger partial charge on any atom is 0.295 e. The second kappa shape index (κ2) is 3.49. The van der Waals surface area contributed by atoms with Crippen LogP contribution in [-0.2, 0) is 0 Å². The zero-order valence-electron chi connectivity index (χ0n) is 7.99. The molecule has 0 saturated heterocycles. The van der Waals surface area contributed by atoms with E-state index in [1.807, 2.05) is 0 Å². The Morgan fingerprint density at radius 3 is 2.87 bits per heavy atom. The van der Waals surface area contributed by atoms with Crippen LogP contribution in [0.25, 0.3) is 5.69 Å². The van der Waals surface area contributed by atoms with Crippen molar-refractivity contribution in [2.24, 2.45) is 0 Å². The van der Waals surface area contributed by atoms with Gasteiger partial charge >= 0.3 is 0 Å². The van der Waals surface area contributed by atoms with Crippen molar-refractivity contribution in [3.63, 3.8) is 0 Å². The molecule has 6 heteroatoms. The molecular formula is C9H8N4O2. The van der Waals surface area contributed by atoms with Crippen LogP contribution in [0, 0.1) is 17.0 Å². The molecule has 0 aliphatic heterocycles. The Labute approximate surface area is 85.3 Å². The predicted octanol–water partition coefficient (Wildman–Crippen LogP) is 1.48. The van der Waals surface area contributed by atoms with Gasteiger partial charge in [0.05, 0.1) is 4.92 Å². The van der Waals surface area contributed by atoms with Crippen LogP contribution in [0.2, 0.25) is 0 Å². The number of hydrogen-bond donors (Lipinski definition) is 0. The minimum atomic E-state index is -0.427. The first-order valence-corrected chi connectivity index (χ1v) is 4.29. The Kier molecular flexibility index (Phi) is 2.17. The third-order valence-corrected chi connectivity index (χ3v) is 2.06. The molecule has 0 saturated carbocycles. The molecule has 0 N–H and O–H groups in total. The molecule has 0 aliphatic carbocycles. The van der Waals surface area contributed by atoms with E-state index >= 15 is 0 Å². The molecule has 6 nitrogen and oxygen atoms in total. The van der Waals surface area contributed by atoms with Gasteiger partial charge in [0.2, 0.25) is 0 Å². The molecule has 76 valence electrons. The Bertz CT molecular complexity index is 493. The summed E-state index contributed by atoms with van der Waals surface area (Å²) < 4.78 is 1.40. The summed E-state index contributed by atoms with van der Waals surface area (Å²) in [6.45, 7) is 1.80. The van der Waals surface area contributed by atoms with Crippen molar-refractivity contribution in [3.05, 3.63) is 46.5 Å². The largest absolute Gasteiger partial charge is 0.295 e. The van der Waals surface area contributed by atoms with Crippen LogP contribution >= 0.6 is 0 Å². The lowest BCUT2D eigenvalue weighted by atomic mass is 10.2. The topological polar surface area (TPSA) is 73.8 Å². The van der Waals surface area contributed by atoms with Gasteiger partial charge in [-0.15, -0.1) is 0 Å². The number of aromatic nitrogens is 3. The van der Waals surface area contributed by atoms with Gasteiger partial charge in [-0.3, -0.25) is 10.1 Å². The van der Waals surface area contributed by atoms with Crippen molar-refractivity contribution < 1.29 is 4.92 Å². The average Bonchev–Trinajstić information content (AvgIpc) is 2.70. The number of benzene rings is 1. The highest BCUT2D eigenvalue weighted by molar-refractivity contribution is 5.56. The molecule has 0 radical (unpaired) electrons. The lowest BCUT2D eigenvalue weighted by Gasteiger charge is -2.04. The SMILES string of the molecule is Cc1cccc([N+](=O)[O-])c1-n1cncn1. The van der Waals surface area contributed by atoms with Gasteiger partial charge in [-0.2, -0.15) is 5.10 Å². The van der Waals surface area contributed by atoms with Crippen LogP contribution in [0.15, 0.2) is 30.9 Å². The zero-order valence-corrected chi connectivity index (χ0v) is 7.99. The van der Waals surface area contributed by atoms with Gasteiger partial charge in [0.25, 0.3) is 5.69 Å². The predicted molar refractivity (Wildman–Crippen MR) is 52.8 cm³/mol. The first-order valence-electron chi connectivity index (χ1n) is 4.29. The number of rotatable bonds is 2. The van der Waals surface area contributed by atoms with E-state index in [0.717, 1.165) is 5.56 Å². The minimum Gasteiger partial charge on any atom is -0.258 e. The molecule has 0 aliphatic rings. The van der Waals surface area contributed by atoms with Gasteiger partial charge in [0.15, 0.2) is 0 Å². The van der Waals surface area contributed by atoms with Crippen molar-refractivity contribution >= 4 is 5.69 Å². The monoisotopic (exact) mass is 204 g/mol. The van der Waals surface area contributed by atoms with Crippen LogP contribution < -0.4 is 0 Å². The molecule has 2 rings (SSSR count). The molecule has 0 fully saturated rings. The first-order chi connectivity index (χ1) is 7.20. The van der Waals surface area contributed by atoms with E-state index in [1.54, 1.807) is 19.1 Å². The minimum absolute atomic E-state index is 0.0282. The van der Waals surface area contributed by atoms with Crippen molar-refractivity contribution in [2.75, 3.05) is 0 Å². The van der Waals surface area contributed by atoms with E-state index in [9.17, 15) is 10.1 Å². The summed E-state index contributed by atoms with van der Waals surface area (Å²) in [5.74, 6) is 0. The second-order valence-electron chi connectivity index (χ2n) is 3.04. The summed E-state index contributed by atoms with van der Waals surface area (Å²) in [5, 5.41) is 14.7. The maximum atomic E-state index is 10.8. The highest BCUT2D eigenvalue weighted by Gasteiger charge is 2.17. The molecule has 0 spiro atoms. The fourth-order valence-electron chi connectivity index (χ4n) is 1.41. The lowest BCUT2D eigenvalue weighted by Crippen LogP contribution is -2.02. The summed E-state index contributed by atoms with van der Waals surface area (Å²) in [6.07, 6.45) is 2.78. The summed E-state index contributed by atoms with van der Waals surface area (Å²) in [5.41, 5.74) is 1.27. The maximum absolute atomic E-state index is 10.8. The summed E-state index contributed by atoms with van der Waals surface area (Å²) in [6, 6.07) is 4.89. The van der Waals surface area contributed by atoms with Crippen molar-refractivity contribution in [1.29, 1.82) is 0 Å². The molecule has 1 heterocycles. The van der Waals surface area contributed by atoms with Crippen LogP contribution in [0.1, 0.15) is 5.56 Å². The quantitative estimate of drug-likeness (QED) is 0.548. The summed E-state index contributed by atoms with van der Waals surface area (Å²) in [4.78, 5) is 14.2. The molecule has 15 heavy (non-hydrogen) atoms. The Balaban J connectivity index is 2.68. The average molecular weight is 204 g/mol. The normalized spacial score (nSPS) is 10.2. The van der Waals surface area contributed by atoms with Crippen LogP contribution in [0.3, 0.4) is 0 Å². The fourth-order valence-corrected chi connectivity index (χ4v) is 1.41. The Morgan fingerprint density at radius 1 is 1.47 bits per heavy atom. The molecule has 0 atom stereocenters. The molecule has 0 amide bonds. The molecule has 0 bridgehead atoms. The molecular weight excluding hydrogens is 196 g/mol. The highest BCUT2D eigenvalue weighted by Crippen LogP contribution is 2.24. The van der Waals surface area contributed by atoms with E-state index in [0.29, 0.717) is 5.69 Å². The molecule has 0 unspecified atom stereocenters. The lowest BCUT2D eigenvalue weighted by molar-refractivity contribution is -0.384. The van der Waals surface area contributed by atoms with E-state index in [-0.39, 0.29) is 5.69 Å². The van der Waals surface area contributed by atoms with Crippen LogP contribution in [0.5, 0.6) is 0 Å². The first kappa shape index (κ1) is 9.32. The number of hydrogen-bond acceptors (Lipinski definition) is 4. The third kappa shape index (κ3) is 1.56. The number of aryl methyl sites for hydroxylation is 1. The second-order valence-corrected chi connectivity index (χ2v) is 3.04.